The van der Waals surface area contributed by atoms with Gasteiger partial charge in [0.1, 0.15) is 5.75 Å². The number of halogens is 3. The van der Waals surface area contributed by atoms with E-state index in [1.165, 1.54) is 13.3 Å². The first-order chi connectivity index (χ1) is 11.4. The number of benzene rings is 1. The number of thiocarbonyl (C=S) groups is 1. The number of hydrazone groups is 1. The minimum atomic E-state index is -4.51. The third-order valence-corrected chi connectivity index (χ3v) is 3.08. The maximum absolute atomic E-state index is 12.9. The molecule has 0 bridgehead atoms. The van der Waals surface area contributed by atoms with Gasteiger partial charge in [-0.2, -0.15) is 18.3 Å². The van der Waals surface area contributed by atoms with Gasteiger partial charge in [0.2, 0.25) is 0 Å². The van der Waals surface area contributed by atoms with Crippen LogP contribution in [0.5, 0.6) is 5.75 Å². The summed E-state index contributed by atoms with van der Waals surface area (Å²) >= 11 is 4.93. The molecular weight excluding hydrogens is 341 g/mol. The second-order valence-electron chi connectivity index (χ2n) is 4.49. The van der Waals surface area contributed by atoms with Crippen LogP contribution in [0.15, 0.2) is 47.8 Å². The first-order valence-electron chi connectivity index (χ1n) is 6.66. The smallest absolute Gasteiger partial charge is 0.418 e. The molecule has 0 aliphatic heterocycles. The molecule has 0 unspecified atom stereocenters. The number of pyridine rings is 1. The highest BCUT2D eigenvalue weighted by Crippen LogP contribution is 2.33. The number of hydrogen-bond acceptors (Lipinski definition) is 4. The van der Waals surface area contributed by atoms with Crippen molar-refractivity contribution in [3.05, 3.63) is 53.9 Å². The molecule has 1 heterocycles. The van der Waals surface area contributed by atoms with Gasteiger partial charge in [-0.15, -0.1) is 0 Å². The lowest BCUT2D eigenvalue weighted by Crippen LogP contribution is -2.25. The summed E-state index contributed by atoms with van der Waals surface area (Å²) in [5.41, 5.74) is 2.02. The fraction of sp³-hybridized carbons (Fsp3) is 0.133. The van der Waals surface area contributed by atoms with Gasteiger partial charge >= 0.3 is 6.18 Å². The highest BCUT2D eigenvalue weighted by molar-refractivity contribution is 7.80. The summed E-state index contributed by atoms with van der Waals surface area (Å²) in [4.78, 5) is 3.66. The molecule has 2 N–H and O–H groups in total. The minimum Gasteiger partial charge on any atom is -0.496 e. The third-order valence-electron chi connectivity index (χ3n) is 2.88. The second-order valence-corrected chi connectivity index (χ2v) is 4.89. The van der Waals surface area contributed by atoms with Crippen LogP contribution in [0.3, 0.4) is 0 Å². The van der Waals surface area contributed by atoms with Gasteiger partial charge in [-0.25, -0.2) is 0 Å². The van der Waals surface area contributed by atoms with Gasteiger partial charge in [-0.1, -0.05) is 12.1 Å². The summed E-state index contributed by atoms with van der Waals surface area (Å²) in [5.74, 6) is 0.605. The van der Waals surface area contributed by atoms with Gasteiger partial charge < -0.3 is 10.1 Å². The SMILES string of the molecule is COc1ccccc1C=NNC(=S)Nc1cnccc1C(F)(F)F. The van der Waals surface area contributed by atoms with Crippen LogP contribution in [0, 0.1) is 0 Å². The van der Waals surface area contributed by atoms with Crippen molar-refractivity contribution in [3.8, 4) is 5.75 Å². The first-order valence-corrected chi connectivity index (χ1v) is 7.07. The zero-order chi connectivity index (χ0) is 17.6. The molecule has 2 aromatic rings. The number of nitrogens with zero attached hydrogens (tertiary/aromatic N) is 2. The number of ether oxygens (including phenoxy) is 1. The quantitative estimate of drug-likeness (QED) is 0.500. The molecule has 0 spiro atoms. The molecular formula is C15H13F3N4OS. The summed E-state index contributed by atoms with van der Waals surface area (Å²) < 4.78 is 43.8. The van der Waals surface area contributed by atoms with Crippen LogP contribution in [0.1, 0.15) is 11.1 Å². The van der Waals surface area contributed by atoms with E-state index in [4.69, 9.17) is 17.0 Å². The molecule has 0 saturated carbocycles. The highest BCUT2D eigenvalue weighted by Gasteiger charge is 2.33. The zero-order valence-electron chi connectivity index (χ0n) is 12.5. The van der Waals surface area contributed by atoms with E-state index in [2.05, 4.69) is 20.8 Å². The van der Waals surface area contributed by atoms with Crippen molar-refractivity contribution in [2.24, 2.45) is 5.10 Å². The van der Waals surface area contributed by atoms with Crippen LogP contribution in [0.4, 0.5) is 18.9 Å². The normalized spacial score (nSPS) is 11.3. The molecule has 0 radical (unpaired) electrons. The van der Waals surface area contributed by atoms with Crippen LogP contribution in [0.2, 0.25) is 0 Å². The van der Waals surface area contributed by atoms with E-state index in [1.54, 1.807) is 24.3 Å². The Morgan fingerprint density at radius 2 is 2.04 bits per heavy atom. The first kappa shape index (κ1) is 17.7. The maximum atomic E-state index is 12.9. The Balaban J connectivity index is 2.03. The zero-order valence-corrected chi connectivity index (χ0v) is 13.3. The average molecular weight is 354 g/mol. The number of anilines is 1. The molecule has 1 aromatic heterocycles. The van der Waals surface area contributed by atoms with E-state index in [1.807, 2.05) is 0 Å². The minimum absolute atomic E-state index is 0.0975. The molecule has 0 fully saturated rings. The number of aromatic nitrogens is 1. The van der Waals surface area contributed by atoms with Crippen LogP contribution in [-0.2, 0) is 6.18 Å². The molecule has 24 heavy (non-hydrogen) atoms. The van der Waals surface area contributed by atoms with Crippen molar-refractivity contribution >= 4 is 29.2 Å². The molecule has 2 rings (SSSR count). The van der Waals surface area contributed by atoms with Crippen molar-refractivity contribution in [2.75, 3.05) is 12.4 Å². The third kappa shape index (κ3) is 4.66. The van der Waals surface area contributed by atoms with E-state index in [9.17, 15) is 13.2 Å². The lowest BCUT2D eigenvalue weighted by molar-refractivity contribution is -0.137. The van der Waals surface area contributed by atoms with E-state index >= 15 is 0 Å². The van der Waals surface area contributed by atoms with Crippen LogP contribution < -0.4 is 15.5 Å². The number of methoxy groups -OCH3 is 1. The van der Waals surface area contributed by atoms with Crippen molar-refractivity contribution in [1.29, 1.82) is 0 Å². The fourth-order valence-corrected chi connectivity index (χ4v) is 1.99. The Hall–Kier alpha value is -2.68. The Kier molecular flexibility index (Phi) is 5.69. The molecule has 0 aliphatic rings. The van der Waals surface area contributed by atoms with Gasteiger partial charge in [0.25, 0.3) is 0 Å². The molecule has 0 saturated heterocycles. The highest BCUT2D eigenvalue weighted by atomic mass is 32.1. The average Bonchev–Trinajstić information content (AvgIpc) is 2.55. The lowest BCUT2D eigenvalue weighted by atomic mass is 10.2. The van der Waals surface area contributed by atoms with Crippen LogP contribution >= 0.6 is 12.2 Å². The van der Waals surface area contributed by atoms with Gasteiger partial charge in [0.15, 0.2) is 5.11 Å². The van der Waals surface area contributed by atoms with E-state index in [0.29, 0.717) is 11.3 Å². The summed E-state index contributed by atoms with van der Waals surface area (Å²) in [6.07, 6.45) is -0.965. The van der Waals surface area contributed by atoms with Crippen LogP contribution in [-0.4, -0.2) is 23.4 Å². The summed E-state index contributed by atoms with van der Waals surface area (Å²) in [6.45, 7) is 0. The lowest BCUT2D eigenvalue weighted by Gasteiger charge is -2.13. The predicted octanol–water partition coefficient (Wildman–Crippen LogP) is 3.43. The van der Waals surface area contributed by atoms with Gasteiger partial charge in [0.05, 0.1) is 30.8 Å². The molecule has 126 valence electrons. The van der Waals surface area contributed by atoms with Crippen molar-refractivity contribution in [1.82, 2.24) is 10.4 Å². The molecule has 0 amide bonds. The van der Waals surface area contributed by atoms with Crippen molar-refractivity contribution in [2.45, 2.75) is 6.18 Å². The molecule has 5 nitrogen and oxygen atoms in total. The molecule has 0 atom stereocenters. The Bertz CT molecular complexity index is 749. The van der Waals surface area contributed by atoms with E-state index in [0.717, 1.165) is 18.5 Å². The summed E-state index contributed by atoms with van der Waals surface area (Å²) in [5, 5.41) is 6.21. The van der Waals surface area contributed by atoms with Gasteiger partial charge in [0, 0.05) is 11.8 Å². The van der Waals surface area contributed by atoms with Crippen molar-refractivity contribution < 1.29 is 17.9 Å². The van der Waals surface area contributed by atoms with E-state index in [-0.39, 0.29) is 10.8 Å². The Morgan fingerprint density at radius 1 is 1.29 bits per heavy atom. The summed E-state index contributed by atoms with van der Waals surface area (Å²) in [6, 6.07) is 7.98. The largest absolute Gasteiger partial charge is 0.496 e. The maximum Gasteiger partial charge on any atom is 0.418 e. The molecule has 9 heteroatoms. The number of hydrogen-bond donors (Lipinski definition) is 2. The molecule has 0 aliphatic carbocycles. The molecule has 1 aromatic carbocycles. The Morgan fingerprint density at radius 3 is 2.75 bits per heavy atom. The topological polar surface area (TPSA) is 58.5 Å². The standard InChI is InChI=1S/C15H13F3N4OS/c1-23-13-5-3-2-4-10(13)8-20-22-14(24)21-12-9-19-7-6-11(12)15(16,17)18/h2-9H,1H3,(H2,21,22,24). The number of nitrogens with one attached hydrogen (secondary N) is 2. The monoisotopic (exact) mass is 354 g/mol. The van der Waals surface area contributed by atoms with E-state index < -0.39 is 11.7 Å². The van der Waals surface area contributed by atoms with Gasteiger partial charge in [-0.05, 0) is 30.4 Å². The Labute approximate surface area is 141 Å². The van der Waals surface area contributed by atoms with Crippen LogP contribution in [0.25, 0.3) is 0 Å². The predicted molar refractivity (Wildman–Crippen MR) is 89.2 cm³/mol. The second kappa shape index (κ2) is 7.73. The van der Waals surface area contributed by atoms with Crippen molar-refractivity contribution in [3.63, 3.8) is 0 Å². The summed E-state index contributed by atoms with van der Waals surface area (Å²) in [7, 11) is 1.52. The fourth-order valence-electron chi connectivity index (χ4n) is 1.83. The number of alkyl halides is 3. The van der Waals surface area contributed by atoms with Gasteiger partial charge in [-0.3, -0.25) is 10.4 Å². The number of rotatable bonds is 4. The number of para-hydroxylation sites is 1.